The lowest BCUT2D eigenvalue weighted by Crippen LogP contribution is -2.42. The molecule has 0 radical (unpaired) electrons. The van der Waals surface area contributed by atoms with Crippen LogP contribution < -0.4 is 11.1 Å². The average molecular weight is 632 g/mol. The highest BCUT2D eigenvalue weighted by Gasteiger charge is 2.25. The first-order valence-electron chi connectivity index (χ1n) is 15.7. The van der Waals surface area contributed by atoms with Gasteiger partial charge in [0.15, 0.2) is 0 Å². The molecule has 0 spiro atoms. The van der Waals surface area contributed by atoms with Crippen molar-refractivity contribution in [2.75, 3.05) is 51.6 Å². The normalized spacial score (nSPS) is 16.7. The summed E-state index contributed by atoms with van der Waals surface area (Å²) in [5, 5.41) is 3.37. The Morgan fingerprint density at radius 2 is 1.58 bits per heavy atom. The number of carbonyl (C=O) groups is 3. The summed E-state index contributed by atoms with van der Waals surface area (Å²) in [5.74, 6) is -0.370. The van der Waals surface area contributed by atoms with Crippen molar-refractivity contribution in [3.8, 4) is 11.1 Å². The smallest absolute Gasteiger partial charge is 0.411 e. The fourth-order valence-electron chi connectivity index (χ4n) is 6.07. The molecule has 3 aromatic rings. The molecular weight excluding hydrogens is 590 g/mol. The topological polar surface area (TPSA) is 108 Å². The van der Waals surface area contributed by atoms with E-state index in [1.807, 2.05) is 66.7 Å². The zero-order valence-electron chi connectivity index (χ0n) is 25.8. The lowest BCUT2D eigenvalue weighted by Gasteiger charge is -2.32. The third kappa shape index (κ3) is 8.84. The number of amides is 3. The van der Waals surface area contributed by atoms with Crippen LogP contribution in [0.25, 0.3) is 11.1 Å². The molecular formula is C35H42ClN5O4. The zero-order chi connectivity index (χ0) is 31.8. The summed E-state index contributed by atoms with van der Waals surface area (Å²) >= 11 is 6.56. The fraction of sp³-hybridized carbons (Fsp3) is 0.400. The lowest BCUT2D eigenvalue weighted by molar-refractivity contribution is -0.123. The third-order valence-corrected chi connectivity index (χ3v) is 9.13. The Labute approximate surface area is 270 Å². The molecule has 3 N–H and O–H groups in total. The first-order valence-corrected chi connectivity index (χ1v) is 16.0. The van der Waals surface area contributed by atoms with Crippen LogP contribution in [0, 0.1) is 5.92 Å². The largest absolute Gasteiger partial charge is 0.446 e. The number of nitrogens with zero attached hydrogens (tertiary/aromatic N) is 3. The first kappa shape index (κ1) is 32.5. The molecule has 3 amide bonds. The van der Waals surface area contributed by atoms with Crippen LogP contribution in [0.5, 0.6) is 0 Å². The number of rotatable bonds is 10. The van der Waals surface area contributed by atoms with Gasteiger partial charge in [-0.2, -0.15) is 0 Å². The quantitative estimate of drug-likeness (QED) is 0.306. The summed E-state index contributed by atoms with van der Waals surface area (Å²) in [6, 6.07) is 23.3. The minimum atomic E-state index is -0.447. The number of piperidine rings is 2. The van der Waals surface area contributed by atoms with E-state index < -0.39 is 6.09 Å². The van der Waals surface area contributed by atoms with Crippen LogP contribution in [0.3, 0.4) is 0 Å². The van der Waals surface area contributed by atoms with Crippen molar-refractivity contribution in [2.45, 2.75) is 38.3 Å². The second-order valence-corrected chi connectivity index (χ2v) is 12.4. The maximum Gasteiger partial charge on any atom is 0.411 e. The predicted molar refractivity (Wildman–Crippen MR) is 177 cm³/mol. The van der Waals surface area contributed by atoms with Crippen molar-refractivity contribution < 1.29 is 19.1 Å². The second-order valence-electron chi connectivity index (χ2n) is 12.0. The molecule has 0 unspecified atom stereocenters. The van der Waals surface area contributed by atoms with Gasteiger partial charge in [-0.1, -0.05) is 66.2 Å². The maximum atomic E-state index is 13.2. The number of carbonyl (C=O) groups excluding carboxylic acids is 3. The molecule has 0 bridgehead atoms. The highest BCUT2D eigenvalue weighted by atomic mass is 35.5. The second kappa shape index (κ2) is 15.4. The number of benzene rings is 3. The summed E-state index contributed by atoms with van der Waals surface area (Å²) < 4.78 is 5.76. The van der Waals surface area contributed by atoms with Gasteiger partial charge in [-0.15, -0.1) is 0 Å². The number of nitrogens with two attached hydrogens (primary N) is 1. The molecule has 0 saturated carbocycles. The number of ether oxygens (including phenoxy) is 1. The van der Waals surface area contributed by atoms with Gasteiger partial charge in [0.1, 0.15) is 6.10 Å². The third-order valence-electron chi connectivity index (χ3n) is 8.82. The van der Waals surface area contributed by atoms with Gasteiger partial charge in [0, 0.05) is 51.3 Å². The van der Waals surface area contributed by atoms with E-state index in [1.54, 1.807) is 18.0 Å². The van der Waals surface area contributed by atoms with Gasteiger partial charge in [0.25, 0.3) is 5.91 Å². The highest BCUT2D eigenvalue weighted by molar-refractivity contribution is 6.33. The van der Waals surface area contributed by atoms with Gasteiger partial charge in [0.05, 0.1) is 16.3 Å². The molecule has 0 aliphatic carbocycles. The number of likely N-dealkylation sites (tertiary alicyclic amines) is 2. The Bertz CT molecular complexity index is 1470. The molecule has 3 aromatic carbocycles. The summed E-state index contributed by atoms with van der Waals surface area (Å²) in [6.45, 7) is 5.21. The number of hydrogen-bond acceptors (Lipinski definition) is 6. The van der Waals surface area contributed by atoms with Gasteiger partial charge in [-0.3, -0.25) is 19.8 Å². The molecule has 2 aliphatic rings. The van der Waals surface area contributed by atoms with Crippen molar-refractivity contribution in [3.05, 3.63) is 88.9 Å². The number of hydrogen-bond donors (Lipinski definition) is 2. The first-order chi connectivity index (χ1) is 21.8. The van der Waals surface area contributed by atoms with E-state index in [1.165, 1.54) is 0 Å². The van der Waals surface area contributed by atoms with Crippen molar-refractivity contribution in [1.82, 2.24) is 14.7 Å². The number of likely N-dealkylation sites (N-methyl/N-ethyl adjacent to an activating group) is 1. The number of para-hydroxylation sites is 1. The van der Waals surface area contributed by atoms with Crippen LogP contribution in [-0.4, -0.2) is 85.0 Å². The Hall–Kier alpha value is -3.92. The molecule has 45 heavy (non-hydrogen) atoms. The van der Waals surface area contributed by atoms with Crippen molar-refractivity contribution in [1.29, 1.82) is 0 Å². The van der Waals surface area contributed by atoms with E-state index in [0.29, 0.717) is 17.1 Å². The van der Waals surface area contributed by atoms with E-state index >= 15 is 0 Å². The van der Waals surface area contributed by atoms with Gasteiger partial charge >= 0.3 is 6.09 Å². The molecule has 2 aliphatic heterocycles. The van der Waals surface area contributed by atoms with E-state index in [2.05, 4.69) is 15.1 Å². The van der Waals surface area contributed by atoms with Crippen molar-refractivity contribution in [3.63, 3.8) is 0 Å². The molecule has 2 saturated heterocycles. The summed E-state index contributed by atoms with van der Waals surface area (Å²) in [4.78, 5) is 43.6. The van der Waals surface area contributed by atoms with E-state index in [4.69, 9.17) is 22.1 Å². The van der Waals surface area contributed by atoms with Crippen LogP contribution in [0.15, 0.2) is 72.8 Å². The Balaban J connectivity index is 1.04. The standard InChI is InChI=1S/C35H42ClN5O4/c1-39(34(43)30-12-11-25(23-31(30)36)24-41-17-13-27(14-18-41)33(37)42)21-22-40-19-15-28(16-20-40)45-35(44)38-32-10-6-5-9-29(32)26-7-3-2-4-8-26/h2-12,23,27-28H,13-22,24H2,1H3,(H2,37,42)(H,38,44). The van der Waals surface area contributed by atoms with E-state index in [9.17, 15) is 14.4 Å². The number of halogens is 1. The highest BCUT2D eigenvalue weighted by Crippen LogP contribution is 2.28. The van der Waals surface area contributed by atoms with Crippen LogP contribution >= 0.6 is 11.6 Å². The molecule has 0 atom stereocenters. The maximum absolute atomic E-state index is 13.2. The Morgan fingerprint density at radius 1 is 0.911 bits per heavy atom. The number of nitrogens with one attached hydrogen (secondary N) is 1. The fourth-order valence-corrected chi connectivity index (χ4v) is 6.35. The summed E-state index contributed by atoms with van der Waals surface area (Å²) in [6.07, 6.45) is 2.41. The number of primary amides is 1. The van der Waals surface area contributed by atoms with Crippen molar-refractivity contribution >= 4 is 35.2 Å². The minimum absolute atomic E-state index is 0.0410. The van der Waals surface area contributed by atoms with Crippen LogP contribution in [0.1, 0.15) is 41.6 Å². The summed E-state index contributed by atoms with van der Waals surface area (Å²) in [7, 11) is 1.79. The van der Waals surface area contributed by atoms with E-state index in [-0.39, 0.29) is 23.8 Å². The zero-order valence-corrected chi connectivity index (χ0v) is 26.5. The SMILES string of the molecule is CN(CCN1CCC(OC(=O)Nc2ccccc2-c2ccccc2)CC1)C(=O)c1ccc(CN2CCC(C(N)=O)CC2)cc1Cl. The Morgan fingerprint density at radius 3 is 2.27 bits per heavy atom. The van der Waals surface area contributed by atoms with Crippen LogP contribution in [-0.2, 0) is 16.1 Å². The van der Waals surface area contributed by atoms with Crippen LogP contribution in [0.4, 0.5) is 10.5 Å². The van der Waals surface area contributed by atoms with Gasteiger partial charge in [0.2, 0.25) is 5.91 Å². The molecule has 2 heterocycles. The molecule has 238 valence electrons. The van der Waals surface area contributed by atoms with Crippen LogP contribution in [0.2, 0.25) is 5.02 Å². The monoisotopic (exact) mass is 631 g/mol. The van der Waals surface area contributed by atoms with E-state index in [0.717, 1.165) is 87.3 Å². The number of anilines is 1. The lowest BCUT2D eigenvalue weighted by atomic mass is 9.96. The predicted octanol–water partition coefficient (Wildman–Crippen LogP) is 5.49. The van der Waals surface area contributed by atoms with Gasteiger partial charge < -0.3 is 20.3 Å². The van der Waals surface area contributed by atoms with Gasteiger partial charge in [-0.05, 0) is 68.1 Å². The Kier molecular flexibility index (Phi) is 11.1. The molecule has 2 fully saturated rings. The molecule has 10 heteroatoms. The summed E-state index contributed by atoms with van der Waals surface area (Å²) in [5.41, 5.74) is 9.66. The molecule has 5 rings (SSSR count). The van der Waals surface area contributed by atoms with Gasteiger partial charge in [-0.25, -0.2) is 4.79 Å². The molecule has 9 nitrogen and oxygen atoms in total. The average Bonchev–Trinajstić information content (AvgIpc) is 3.05. The van der Waals surface area contributed by atoms with Crippen molar-refractivity contribution in [2.24, 2.45) is 11.7 Å². The molecule has 0 aromatic heterocycles. The minimum Gasteiger partial charge on any atom is -0.446 e.